The highest BCUT2D eigenvalue weighted by molar-refractivity contribution is 9.10. The maximum Gasteiger partial charge on any atom is 0.148 e. The highest BCUT2D eigenvalue weighted by atomic mass is 79.9. The molecule has 0 radical (unpaired) electrons. The Bertz CT molecular complexity index is 316. The molecule has 0 aromatic carbocycles. The molecule has 1 heterocycles. The van der Waals surface area contributed by atoms with Crippen LogP contribution in [0.4, 0.5) is 4.39 Å². The largest absolute Gasteiger partial charge is 0.238 e. The topological polar surface area (TPSA) is 30.2 Å². The van der Waals surface area contributed by atoms with Crippen LogP contribution < -0.4 is 0 Å². The number of aromatic nitrogens is 2. The molecule has 0 bridgehead atoms. The van der Waals surface area contributed by atoms with Crippen molar-refractivity contribution >= 4 is 22.1 Å². The van der Waals surface area contributed by atoms with E-state index >= 15 is 0 Å². The van der Waals surface area contributed by atoms with Gasteiger partial charge in [0.15, 0.2) is 0 Å². The highest BCUT2D eigenvalue weighted by Crippen LogP contribution is 2.37. The smallest absolute Gasteiger partial charge is 0.148 e. The SMILES string of the molecule is FC1(/C=N/n2cc(Br)cn2)CC1. The Morgan fingerprint density at radius 2 is 2.50 bits per heavy atom. The van der Waals surface area contributed by atoms with Crippen molar-refractivity contribution in [1.29, 1.82) is 0 Å². The first-order valence-corrected chi connectivity index (χ1v) is 4.42. The van der Waals surface area contributed by atoms with Gasteiger partial charge in [-0.25, -0.2) is 4.39 Å². The van der Waals surface area contributed by atoms with Crippen LogP contribution in [0.25, 0.3) is 0 Å². The lowest BCUT2D eigenvalue weighted by Crippen LogP contribution is -2.02. The van der Waals surface area contributed by atoms with Gasteiger partial charge >= 0.3 is 0 Å². The van der Waals surface area contributed by atoms with E-state index in [1.807, 2.05) is 0 Å². The van der Waals surface area contributed by atoms with E-state index < -0.39 is 5.67 Å². The van der Waals surface area contributed by atoms with Gasteiger partial charge in [-0.15, -0.1) is 0 Å². The standard InChI is InChI=1S/C7H7BrFN3/c8-6-3-10-12(4-6)11-5-7(9)1-2-7/h3-5H,1-2H2/b11-5+. The molecule has 1 aliphatic rings. The van der Waals surface area contributed by atoms with E-state index in [1.165, 1.54) is 11.0 Å². The summed E-state index contributed by atoms with van der Waals surface area (Å²) in [6, 6.07) is 0. The molecule has 1 fully saturated rings. The number of rotatable bonds is 2. The van der Waals surface area contributed by atoms with Crippen LogP contribution in [-0.4, -0.2) is 21.8 Å². The lowest BCUT2D eigenvalue weighted by atomic mass is 10.4. The molecule has 0 amide bonds. The molecule has 0 N–H and O–H groups in total. The molecular weight excluding hydrogens is 225 g/mol. The van der Waals surface area contributed by atoms with E-state index in [9.17, 15) is 4.39 Å². The maximum atomic E-state index is 13.0. The molecule has 0 aliphatic heterocycles. The number of hydrogen-bond acceptors (Lipinski definition) is 2. The summed E-state index contributed by atoms with van der Waals surface area (Å²) in [6.07, 6.45) is 5.75. The van der Waals surface area contributed by atoms with Crippen LogP contribution in [0.1, 0.15) is 12.8 Å². The average Bonchev–Trinajstić information content (AvgIpc) is 2.60. The molecule has 12 heavy (non-hydrogen) atoms. The second kappa shape index (κ2) is 2.65. The summed E-state index contributed by atoms with van der Waals surface area (Å²) in [5, 5.41) is 7.69. The first-order chi connectivity index (χ1) is 5.68. The van der Waals surface area contributed by atoms with E-state index in [-0.39, 0.29) is 0 Å². The molecule has 3 nitrogen and oxygen atoms in total. The summed E-state index contributed by atoms with van der Waals surface area (Å²) >= 11 is 3.22. The summed E-state index contributed by atoms with van der Waals surface area (Å²) < 4.78 is 13.8. The summed E-state index contributed by atoms with van der Waals surface area (Å²) in [5.74, 6) is 0. The second-order valence-corrected chi connectivity index (χ2v) is 3.77. The van der Waals surface area contributed by atoms with Gasteiger partial charge in [0.2, 0.25) is 0 Å². The quantitative estimate of drug-likeness (QED) is 0.717. The molecule has 0 unspecified atom stereocenters. The summed E-state index contributed by atoms with van der Waals surface area (Å²) in [7, 11) is 0. The van der Waals surface area contributed by atoms with E-state index in [2.05, 4.69) is 26.1 Å². The summed E-state index contributed by atoms with van der Waals surface area (Å²) in [4.78, 5) is 1.34. The highest BCUT2D eigenvalue weighted by Gasteiger charge is 2.41. The van der Waals surface area contributed by atoms with Crippen molar-refractivity contribution in [2.75, 3.05) is 0 Å². The predicted octanol–water partition coefficient (Wildman–Crippen LogP) is 1.98. The van der Waals surface area contributed by atoms with Gasteiger partial charge in [-0.2, -0.15) is 15.0 Å². The minimum atomic E-state index is -1.15. The number of halogens is 2. The van der Waals surface area contributed by atoms with Crippen LogP contribution in [0, 0.1) is 0 Å². The van der Waals surface area contributed by atoms with Crippen LogP contribution in [0.3, 0.4) is 0 Å². The molecule has 2 rings (SSSR count). The van der Waals surface area contributed by atoms with E-state index in [1.54, 1.807) is 12.4 Å². The number of alkyl halides is 1. The average molecular weight is 232 g/mol. The zero-order valence-electron chi connectivity index (χ0n) is 6.24. The minimum absolute atomic E-state index is 0.582. The van der Waals surface area contributed by atoms with Gasteiger partial charge in [-0.3, -0.25) is 0 Å². The minimum Gasteiger partial charge on any atom is -0.238 e. The molecule has 1 saturated carbocycles. The van der Waals surface area contributed by atoms with Gasteiger partial charge < -0.3 is 0 Å². The van der Waals surface area contributed by atoms with Gasteiger partial charge in [-0.1, -0.05) is 0 Å². The normalized spacial score (nSPS) is 20.2. The fraction of sp³-hybridized carbons (Fsp3) is 0.429. The molecule has 64 valence electrons. The van der Waals surface area contributed by atoms with Crippen molar-refractivity contribution in [3.63, 3.8) is 0 Å². The Hall–Kier alpha value is -0.710. The van der Waals surface area contributed by atoms with Crippen LogP contribution >= 0.6 is 15.9 Å². The molecule has 0 atom stereocenters. The molecular formula is C7H7BrFN3. The van der Waals surface area contributed by atoms with Gasteiger partial charge in [0.25, 0.3) is 0 Å². The molecule has 1 aliphatic carbocycles. The number of hydrogen-bond donors (Lipinski definition) is 0. The molecule has 1 aromatic heterocycles. The third-order valence-corrected chi connectivity index (χ3v) is 2.08. The summed E-state index contributed by atoms with van der Waals surface area (Å²) in [5.41, 5.74) is -1.15. The Labute approximate surface area is 77.4 Å². The molecule has 5 heteroatoms. The third kappa shape index (κ3) is 1.72. The monoisotopic (exact) mass is 231 g/mol. The van der Waals surface area contributed by atoms with Crippen LogP contribution in [0.2, 0.25) is 0 Å². The van der Waals surface area contributed by atoms with Gasteiger partial charge in [0.05, 0.1) is 23.1 Å². The second-order valence-electron chi connectivity index (χ2n) is 2.86. The lowest BCUT2D eigenvalue weighted by molar-refractivity contribution is 0.411. The molecule has 1 aromatic rings. The van der Waals surface area contributed by atoms with Crippen molar-refractivity contribution in [3.8, 4) is 0 Å². The first kappa shape index (κ1) is 7.91. The predicted molar refractivity (Wildman–Crippen MR) is 46.9 cm³/mol. The fourth-order valence-corrected chi connectivity index (χ4v) is 1.04. The van der Waals surface area contributed by atoms with Crippen LogP contribution in [-0.2, 0) is 0 Å². The fourth-order valence-electron chi connectivity index (χ4n) is 0.766. The first-order valence-electron chi connectivity index (χ1n) is 3.63. The van der Waals surface area contributed by atoms with E-state index in [0.29, 0.717) is 12.8 Å². The Morgan fingerprint density at radius 3 is 3.00 bits per heavy atom. The zero-order chi connectivity index (χ0) is 8.60. The summed E-state index contributed by atoms with van der Waals surface area (Å²) in [6.45, 7) is 0. The zero-order valence-corrected chi connectivity index (χ0v) is 7.83. The van der Waals surface area contributed by atoms with Crippen molar-refractivity contribution < 1.29 is 4.39 Å². The van der Waals surface area contributed by atoms with E-state index in [0.717, 1.165) is 4.47 Å². The van der Waals surface area contributed by atoms with Crippen LogP contribution in [0.5, 0.6) is 0 Å². The molecule has 0 spiro atoms. The lowest BCUT2D eigenvalue weighted by Gasteiger charge is -1.92. The Balaban J connectivity index is 2.07. The maximum absolute atomic E-state index is 13.0. The van der Waals surface area contributed by atoms with E-state index in [4.69, 9.17) is 0 Å². The van der Waals surface area contributed by atoms with Crippen molar-refractivity contribution in [2.45, 2.75) is 18.5 Å². The van der Waals surface area contributed by atoms with Crippen molar-refractivity contribution in [2.24, 2.45) is 5.10 Å². The third-order valence-electron chi connectivity index (χ3n) is 1.67. The number of nitrogens with zero attached hydrogens (tertiary/aromatic N) is 3. The Kier molecular flexibility index (Phi) is 1.75. The van der Waals surface area contributed by atoms with Crippen molar-refractivity contribution in [1.82, 2.24) is 9.89 Å². The van der Waals surface area contributed by atoms with Gasteiger partial charge in [0.1, 0.15) is 5.67 Å². The van der Waals surface area contributed by atoms with Crippen molar-refractivity contribution in [3.05, 3.63) is 16.9 Å². The van der Waals surface area contributed by atoms with Gasteiger partial charge in [0, 0.05) is 0 Å². The van der Waals surface area contributed by atoms with Crippen LogP contribution in [0.15, 0.2) is 22.0 Å². The molecule has 0 saturated heterocycles. The Morgan fingerprint density at radius 1 is 1.75 bits per heavy atom. The van der Waals surface area contributed by atoms with Gasteiger partial charge in [-0.05, 0) is 28.8 Å².